The molecule has 0 saturated heterocycles. The van der Waals surface area contributed by atoms with E-state index in [1.165, 1.54) is 18.7 Å². The van der Waals surface area contributed by atoms with Gasteiger partial charge in [0.25, 0.3) is 0 Å². The Balaban J connectivity index is 1.79. The number of para-hydroxylation sites is 1. The molecule has 0 fully saturated rings. The van der Waals surface area contributed by atoms with Crippen molar-refractivity contribution < 1.29 is 8.94 Å². The molecule has 7 nitrogen and oxygen atoms in total. The Morgan fingerprint density at radius 1 is 1.25 bits per heavy atom. The lowest BCUT2D eigenvalue weighted by molar-refractivity contribution is 0.372. The smallest absolute Gasteiger partial charge is 0.246 e. The van der Waals surface area contributed by atoms with Crippen LogP contribution in [0.2, 0.25) is 0 Å². The number of aromatic nitrogens is 3. The summed E-state index contributed by atoms with van der Waals surface area (Å²) in [6.45, 7) is 0.250. The van der Waals surface area contributed by atoms with Gasteiger partial charge in [0.1, 0.15) is 24.4 Å². The van der Waals surface area contributed by atoms with Crippen molar-refractivity contribution in [2.24, 2.45) is 0 Å². The first-order valence-electron chi connectivity index (χ1n) is 7.13. The number of hydrogen-bond donors (Lipinski definition) is 0. The van der Waals surface area contributed by atoms with Crippen LogP contribution in [0.5, 0.6) is 0 Å². The maximum absolute atomic E-state index is 12.2. The molecule has 0 bridgehead atoms. The second-order valence-electron chi connectivity index (χ2n) is 5.15. The lowest BCUT2D eigenvalue weighted by Gasteiger charge is -2.08. The molecule has 0 aliphatic carbocycles. The van der Waals surface area contributed by atoms with Crippen LogP contribution in [0.4, 0.5) is 0 Å². The first-order chi connectivity index (χ1) is 11.8. The molecule has 0 radical (unpaired) electrons. The summed E-state index contributed by atoms with van der Waals surface area (Å²) in [5, 5.41) is 13.6. The molecular weight excluding hydrogens is 308 g/mol. The molecule has 0 N–H and O–H groups in total. The highest BCUT2D eigenvalue weighted by Crippen LogP contribution is 2.18. The van der Waals surface area contributed by atoms with Crippen LogP contribution in [0.3, 0.4) is 0 Å². The van der Waals surface area contributed by atoms with Crippen LogP contribution >= 0.6 is 0 Å². The lowest BCUT2D eigenvalue weighted by atomic mass is 10.1. The van der Waals surface area contributed by atoms with Crippen molar-refractivity contribution in [1.29, 1.82) is 5.26 Å². The summed E-state index contributed by atoms with van der Waals surface area (Å²) in [7, 11) is 0. The Morgan fingerprint density at radius 2 is 2.12 bits per heavy atom. The van der Waals surface area contributed by atoms with Crippen molar-refractivity contribution in [3.05, 3.63) is 70.7 Å². The molecule has 0 aliphatic heterocycles. The largest absolute Gasteiger partial charge is 0.472 e. The van der Waals surface area contributed by atoms with Crippen molar-refractivity contribution in [2.75, 3.05) is 0 Å². The molecule has 7 heteroatoms. The molecule has 1 aromatic carbocycles. The average molecular weight is 318 g/mol. The highest BCUT2D eigenvalue weighted by atomic mass is 16.5. The van der Waals surface area contributed by atoms with Gasteiger partial charge in [-0.05, 0) is 18.2 Å². The second kappa shape index (κ2) is 5.52. The first-order valence-corrected chi connectivity index (χ1v) is 7.13. The molecule has 0 atom stereocenters. The van der Waals surface area contributed by atoms with E-state index in [1.807, 2.05) is 18.2 Å². The second-order valence-corrected chi connectivity index (χ2v) is 5.15. The summed E-state index contributed by atoms with van der Waals surface area (Å²) in [5.74, 6) is 0.786. The topological polar surface area (TPSA) is 97.8 Å². The number of pyridine rings is 1. The van der Waals surface area contributed by atoms with Crippen LogP contribution in [0.15, 0.2) is 62.8 Å². The molecule has 0 unspecified atom stereocenters. The van der Waals surface area contributed by atoms with Gasteiger partial charge in [-0.1, -0.05) is 17.3 Å². The minimum Gasteiger partial charge on any atom is -0.472 e. The maximum atomic E-state index is 12.2. The van der Waals surface area contributed by atoms with Gasteiger partial charge in [0.05, 0.1) is 17.3 Å². The van der Waals surface area contributed by atoms with Crippen molar-refractivity contribution >= 4 is 10.9 Å². The van der Waals surface area contributed by atoms with Gasteiger partial charge in [-0.3, -0.25) is 4.79 Å². The minimum absolute atomic E-state index is 0.0725. The van der Waals surface area contributed by atoms with Crippen LogP contribution in [0.1, 0.15) is 11.5 Å². The van der Waals surface area contributed by atoms with Crippen LogP contribution in [0, 0.1) is 11.3 Å². The predicted molar refractivity (Wildman–Crippen MR) is 84.0 cm³/mol. The van der Waals surface area contributed by atoms with E-state index >= 15 is 0 Å². The number of hydrogen-bond acceptors (Lipinski definition) is 6. The normalized spacial score (nSPS) is 10.8. The van der Waals surface area contributed by atoms with Gasteiger partial charge < -0.3 is 13.5 Å². The van der Waals surface area contributed by atoms with Gasteiger partial charge in [0.15, 0.2) is 0 Å². The van der Waals surface area contributed by atoms with E-state index in [-0.39, 0.29) is 17.5 Å². The van der Waals surface area contributed by atoms with E-state index in [1.54, 1.807) is 22.8 Å². The third kappa shape index (κ3) is 2.27. The van der Waals surface area contributed by atoms with E-state index < -0.39 is 0 Å². The summed E-state index contributed by atoms with van der Waals surface area (Å²) >= 11 is 0. The van der Waals surface area contributed by atoms with E-state index in [9.17, 15) is 10.1 Å². The molecule has 4 aromatic rings. The third-order valence-corrected chi connectivity index (χ3v) is 3.66. The summed E-state index contributed by atoms with van der Waals surface area (Å²) < 4.78 is 12.0. The Hall–Kier alpha value is -3.66. The minimum atomic E-state index is -0.283. The standard InChI is InChI=1S/C17H10N4O3/c18-7-12-8-21(14-4-2-1-3-13(14)16(12)22)9-15-19-17(20-24-15)11-5-6-23-10-11/h1-6,8,10H,9H2. The monoisotopic (exact) mass is 318 g/mol. The van der Waals surface area contributed by atoms with Crippen LogP contribution in [-0.2, 0) is 6.54 Å². The van der Waals surface area contributed by atoms with Crippen molar-refractivity contribution in [2.45, 2.75) is 6.54 Å². The van der Waals surface area contributed by atoms with E-state index in [0.29, 0.717) is 28.2 Å². The summed E-state index contributed by atoms with van der Waals surface area (Å²) in [4.78, 5) is 16.5. The average Bonchev–Trinajstić information content (AvgIpc) is 3.29. The van der Waals surface area contributed by atoms with E-state index in [0.717, 1.165) is 0 Å². The molecule has 24 heavy (non-hydrogen) atoms. The Labute approximate surface area is 135 Å². The van der Waals surface area contributed by atoms with Crippen molar-refractivity contribution in [1.82, 2.24) is 14.7 Å². The number of fused-ring (bicyclic) bond motifs is 1. The fraction of sp³-hybridized carbons (Fsp3) is 0.0588. The molecule has 0 saturated carbocycles. The molecule has 4 rings (SSSR count). The zero-order chi connectivity index (χ0) is 16.5. The fourth-order valence-corrected chi connectivity index (χ4v) is 2.53. The maximum Gasteiger partial charge on any atom is 0.246 e. The van der Waals surface area contributed by atoms with Gasteiger partial charge in [-0.2, -0.15) is 10.2 Å². The molecule has 116 valence electrons. The van der Waals surface area contributed by atoms with E-state index in [2.05, 4.69) is 10.1 Å². The SMILES string of the molecule is N#Cc1cn(Cc2nc(-c3ccoc3)no2)c2ccccc2c1=O. The van der Waals surface area contributed by atoms with Crippen LogP contribution < -0.4 is 5.43 Å². The van der Waals surface area contributed by atoms with Gasteiger partial charge in [0, 0.05) is 11.6 Å². The third-order valence-electron chi connectivity index (χ3n) is 3.66. The lowest BCUT2D eigenvalue weighted by Crippen LogP contribution is -2.13. The summed E-state index contributed by atoms with van der Waals surface area (Å²) in [5.41, 5.74) is 1.20. The predicted octanol–water partition coefficient (Wildman–Crippen LogP) is 2.56. The zero-order valence-corrected chi connectivity index (χ0v) is 12.3. The highest BCUT2D eigenvalue weighted by molar-refractivity contribution is 5.80. The van der Waals surface area contributed by atoms with Gasteiger partial charge in [0.2, 0.25) is 17.1 Å². The van der Waals surface area contributed by atoms with Crippen LogP contribution in [-0.4, -0.2) is 14.7 Å². The van der Waals surface area contributed by atoms with Crippen molar-refractivity contribution in [3.8, 4) is 17.5 Å². The molecule has 3 heterocycles. The molecular formula is C17H10N4O3. The number of benzene rings is 1. The summed E-state index contributed by atoms with van der Waals surface area (Å²) in [6.07, 6.45) is 4.56. The zero-order valence-electron chi connectivity index (χ0n) is 12.3. The Morgan fingerprint density at radius 3 is 2.92 bits per heavy atom. The van der Waals surface area contributed by atoms with Gasteiger partial charge in [-0.15, -0.1) is 0 Å². The highest BCUT2D eigenvalue weighted by Gasteiger charge is 2.13. The number of rotatable bonds is 3. The van der Waals surface area contributed by atoms with Crippen molar-refractivity contribution in [3.63, 3.8) is 0 Å². The van der Waals surface area contributed by atoms with Gasteiger partial charge in [-0.25, -0.2) is 0 Å². The molecule has 0 amide bonds. The molecule has 3 aromatic heterocycles. The fourth-order valence-electron chi connectivity index (χ4n) is 2.53. The molecule has 0 spiro atoms. The van der Waals surface area contributed by atoms with Gasteiger partial charge >= 0.3 is 0 Å². The van der Waals surface area contributed by atoms with E-state index in [4.69, 9.17) is 8.94 Å². The number of nitriles is 1. The Kier molecular flexibility index (Phi) is 3.21. The number of nitrogens with zero attached hydrogens (tertiary/aromatic N) is 4. The van der Waals surface area contributed by atoms with Crippen LogP contribution in [0.25, 0.3) is 22.3 Å². The molecule has 0 aliphatic rings. The number of furan rings is 1. The quantitative estimate of drug-likeness (QED) is 0.576. The first kappa shape index (κ1) is 14.0. The summed E-state index contributed by atoms with van der Waals surface area (Å²) in [6, 6.07) is 10.8. The Bertz CT molecular complexity index is 1120.